The molecule has 0 aliphatic carbocycles. The fourth-order valence-corrected chi connectivity index (χ4v) is 5.41. The summed E-state index contributed by atoms with van der Waals surface area (Å²) in [6, 6.07) is 13.3. The van der Waals surface area contributed by atoms with Gasteiger partial charge in [-0.15, -0.1) is 0 Å². The number of amides is 1. The first-order chi connectivity index (χ1) is 11.3. The van der Waals surface area contributed by atoms with Crippen LogP contribution in [0.25, 0.3) is 0 Å². The second-order valence-corrected chi connectivity index (χ2v) is 8.27. The number of hydrogen-bond acceptors (Lipinski definition) is 3. The van der Waals surface area contributed by atoms with Crippen molar-refractivity contribution in [2.45, 2.75) is 38.0 Å². The van der Waals surface area contributed by atoms with Crippen LogP contribution in [0.3, 0.4) is 0 Å². The van der Waals surface area contributed by atoms with Crippen molar-refractivity contribution in [1.82, 2.24) is 4.31 Å². The monoisotopic (exact) mass is 343 g/mol. The van der Waals surface area contributed by atoms with Gasteiger partial charge in [0.1, 0.15) is 0 Å². The third-order valence-electron chi connectivity index (χ3n) is 4.51. The molecule has 1 atom stereocenters. The molecule has 2 aromatic carbocycles. The number of rotatable bonds is 3. The topological polar surface area (TPSA) is 54.5 Å². The molecule has 5 heteroatoms. The Balaban J connectivity index is 1.98. The third-order valence-corrected chi connectivity index (χ3v) is 6.60. The molecule has 3 rings (SSSR count). The number of aryl methyl sites for hydroxylation is 3. The molecule has 0 unspecified atom stereocenters. The van der Waals surface area contributed by atoms with E-state index in [-0.39, 0.29) is 29.7 Å². The van der Waals surface area contributed by atoms with E-state index in [1.165, 1.54) is 0 Å². The molecule has 1 fully saturated rings. The Morgan fingerprint density at radius 2 is 1.58 bits per heavy atom. The van der Waals surface area contributed by atoms with E-state index in [0.29, 0.717) is 11.1 Å². The quantitative estimate of drug-likeness (QED) is 0.859. The largest absolute Gasteiger partial charge is 0.274 e. The Kier molecular flexibility index (Phi) is 4.22. The molecule has 0 saturated carbocycles. The predicted molar refractivity (Wildman–Crippen MR) is 93.4 cm³/mol. The number of hydrogen-bond donors (Lipinski definition) is 0. The van der Waals surface area contributed by atoms with Crippen LogP contribution in [0, 0.1) is 20.8 Å². The van der Waals surface area contributed by atoms with Gasteiger partial charge in [-0.25, -0.2) is 12.7 Å². The van der Waals surface area contributed by atoms with Crippen molar-refractivity contribution in [2.75, 3.05) is 6.54 Å². The number of nitrogens with zero attached hydrogens (tertiary/aromatic N) is 1. The first kappa shape index (κ1) is 16.7. The lowest BCUT2D eigenvalue weighted by Gasteiger charge is -2.20. The van der Waals surface area contributed by atoms with Crippen molar-refractivity contribution in [3.05, 3.63) is 64.7 Å². The van der Waals surface area contributed by atoms with Crippen LogP contribution < -0.4 is 0 Å². The lowest BCUT2D eigenvalue weighted by molar-refractivity contribution is -0.123. The molecule has 1 saturated heterocycles. The molecule has 2 aromatic rings. The smallest absolute Gasteiger partial charge is 0.267 e. The highest BCUT2D eigenvalue weighted by Crippen LogP contribution is 2.34. The van der Waals surface area contributed by atoms with E-state index in [1.54, 1.807) is 13.8 Å². The van der Waals surface area contributed by atoms with Crippen molar-refractivity contribution in [2.24, 2.45) is 0 Å². The van der Waals surface area contributed by atoms with Gasteiger partial charge >= 0.3 is 0 Å². The molecule has 0 radical (unpaired) electrons. The van der Waals surface area contributed by atoms with Gasteiger partial charge in [0.2, 0.25) is 5.91 Å². The lowest BCUT2D eigenvalue weighted by Crippen LogP contribution is -2.33. The Morgan fingerprint density at radius 3 is 2.17 bits per heavy atom. The zero-order valence-electron chi connectivity index (χ0n) is 14.1. The van der Waals surface area contributed by atoms with Gasteiger partial charge in [0.15, 0.2) is 0 Å². The maximum Gasteiger partial charge on any atom is 0.267 e. The van der Waals surface area contributed by atoms with E-state index >= 15 is 0 Å². The summed E-state index contributed by atoms with van der Waals surface area (Å²) < 4.78 is 27.2. The van der Waals surface area contributed by atoms with Crippen molar-refractivity contribution in [1.29, 1.82) is 0 Å². The molecule has 126 valence electrons. The molecule has 1 heterocycles. The van der Waals surface area contributed by atoms with Crippen LogP contribution in [-0.4, -0.2) is 25.2 Å². The molecule has 4 nitrogen and oxygen atoms in total. The zero-order chi connectivity index (χ0) is 17.5. The van der Waals surface area contributed by atoms with Crippen molar-refractivity contribution >= 4 is 15.9 Å². The fourth-order valence-electron chi connectivity index (χ4n) is 3.54. The molecule has 24 heavy (non-hydrogen) atoms. The summed E-state index contributed by atoms with van der Waals surface area (Å²) in [6.07, 6.45) is 0.229. The molecule has 0 bridgehead atoms. The zero-order valence-corrected chi connectivity index (χ0v) is 14.9. The molecule has 1 aliphatic rings. The Hall–Kier alpha value is -2.14. The summed E-state index contributed by atoms with van der Waals surface area (Å²) in [4.78, 5) is 12.7. The molecule has 0 spiro atoms. The summed E-state index contributed by atoms with van der Waals surface area (Å²) in [5.74, 6) is -0.414. The summed E-state index contributed by atoms with van der Waals surface area (Å²) in [7, 11) is -3.82. The van der Waals surface area contributed by atoms with Crippen LogP contribution in [0.15, 0.2) is 47.4 Å². The van der Waals surface area contributed by atoms with Crippen molar-refractivity contribution in [3.8, 4) is 0 Å². The number of carbonyl (C=O) groups is 1. The molecule has 0 N–H and O–H groups in total. The standard InChI is InChI=1S/C19H21NO3S/c1-13-9-14(2)19(15(3)10-13)24(22,23)20-12-17(11-18(20)21)16-7-5-4-6-8-16/h4-10,17H,11-12H2,1-3H3/t17-/m1/s1. The van der Waals surface area contributed by atoms with Crippen LogP contribution >= 0.6 is 0 Å². The number of benzene rings is 2. The predicted octanol–water partition coefficient (Wildman–Crippen LogP) is 3.32. The minimum Gasteiger partial charge on any atom is -0.274 e. The molecule has 0 aromatic heterocycles. The average Bonchev–Trinajstić information content (AvgIpc) is 2.89. The van der Waals surface area contributed by atoms with E-state index in [9.17, 15) is 13.2 Å². The summed E-state index contributed by atoms with van der Waals surface area (Å²) in [5.41, 5.74) is 3.38. The van der Waals surface area contributed by atoms with Gasteiger partial charge in [-0.3, -0.25) is 4.79 Å². The molecule has 1 aliphatic heterocycles. The van der Waals surface area contributed by atoms with E-state index < -0.39 is 10.0 Å². The van der Waals surface area contributed by atoms with Crippen molar-refractivity contribution < 1.29 is 13.2 Å². The Bertz CT molecular complexity index is 865. The summed E-state index contributed by atoms with van der Waals surface area (Å²) in [5, 5.41) is 0. The molecular formula is C19H21NO3S. The minimum atomic E-state index is -3.82. The minimum absolute atomic E-state index is 0.0838. The highest BCUT2D eigenvalue weighted by molar-refractivity contribution is 7.89. The van der Waals surface area contributed by atoms with Gasteiger partial charge in [-0.1, -0.05) is 48.0 Å². The van der Waals surface area contributed by atoms with Crippen LogP contribution in [0.2, 0.25) is 0 Å². The van der Waals surface area contributed by atoms with Gasteiger partial charge in [0.05, 0.1) is 4.90 Å². The highest BCUT2D eigenvalue weighted by Gasteiger charge is 2.40. The van der Waals surface area contributed by atoms with Gasteiger partial charge in [-0.2, -0.15) is 0 Å². The Labute approximate surface area is 143 Å². The van der Waals surface area contributed by atoms with Gasteiger partial charge < -0.3 is 0 Å². The first-order valence-electron chi connectivity index (χ1n) is 7.99. The fraction of sp³-hybridized carbons (Fsp3) is 0.316. The highest BCUT2D eigenvalue weighted by atomic mass is 32.2. The lowest BCUT2D eigenvalue weighted by atomic mass is 9.99. The first-order valence-corrected chi connectivity index (χ1v) is 9.43. The van der Waals surface area contributed by atoms with Crippen LogP contribution in [0.5, 0.6) is 0 Å². The number of sulfonamides is 1. The van der Waals surface area contributed by atoms with E-state index in [0.717, 1.165) is 15.4 Å². The van der Waals surface area contributed by atoms with Gasteiger partial charge in [0, 0.05) is 18.9 Å². The molecule has 1 amide bonds. The maximum absolute atomic E-state index is 13.1. The van der Waals surface area contributed by atoms with Crippen molar-refractivity contribution in [3.63, 3.8) is 0 Å². The number of carbonyl (C=O) groups excluding carboxylic acids is 1. The van der Waals surface area contributed by atoms with Crippen LogP contribution in [0.1, 0.15) is 34.6 Å². The van der Waals surface area contributed by atoms with Crippen LogP contribution in [0.4, 0.5) is 0 Å². The second kappa shape index (κ2) is 6.06. The van der Waals surface area contributed by atoms with Gasteiger partial charge in [-0.05, 0) is 37.5 Å². The van der Waals surface area contributed by atoms with Gasteiger partial charge in [0.25, 0.3) is 10.0 Å². The second-order valence-electron chi connectivity index (χ2n) is 6.47. The Morgan fingerprint density at radius 1 is 1.00 bits per heavy atom. The summed E-state index contributed by atoms with van der Waals surface area (Å²) in [6.45, 7) is 5.70. The van der Waals surface area contributed by atoms with E-state index in [4.69, 9.17) is 0 Å². The van der Waals surface area contributed by atoms with E-state index in [1.807, 2.05) is 49.4 Å². The SMILES string of the molecule is Cc1cc(C)c(S(=O)(=O)N2C[C@H](c3ccccc3)CC2=O)c(C)c1. The summed E-state index contributed by atoms with van der Waals surface area (Å²) >= 11 is 0. The van der Waals surface area contributed by atoms with Crippen LogP contribution in [-0.2, 0) is 14.8 Å². The third kappa shape index (κ3) is 2.84. The van der Waals surface area contributed by atoms with E-state index in [2.05, 4.69) is 0 Å². The molecular weight excluding hydrogens is 322 g/mol. The average molecular weight is 343 g/mol. The normalized spacial score (nSPS) is 18.2. The maximum atomic E-state index is 13.1.